The quantitative estimate of drug-likeness (QED) is 0.488. The van der Waals surface area contributed by atoms with E-state index in [4.69, 9.17) is 21.7 Å². The smallest absolute Gasteiger partial charge is 0.293 e. The van der Waals surface area contributed by atoms with Crippen molar-refractivity contribution in [1.82, 2.24) is 14.9 Å². The first kappa shape index (κ1) is 19.5. The second-order valence-electron chi connectivity index (χ2n) is 5.99. The molecule has 0 bridgehead atoms. The molecule has 0 spiro atoms. The average Bonchev–Trinajstić information content (AvgIpc) is 2.67. The topological polar surface area (TPSA) is 81.5 Å². The highest BCUT2D eigenvalue weighted by atomic mass is 32.1. The molecular formula is C20H20N4O3S. The molecule has 0 aliphatic rings. The van der Waals surface area contributed by atoms with Gasteiger partial charge in [-0.25, -0.2) is 0 Å². The lowest BCUT2D eigenvalue weighted by atomic mass is 10.1. The Morgan fingerprint density at radius 3 is 2.82 bits per heavy atom. The molecule has 0 radical (unpaired) electrons. The van der Waals surface area contributed by atoms with Crippen molar-refractivity contribution in [1.29, 1.82) is 0 Å². The largest absolute Gasteiger partial charge is 0.490 e. The molecule has 28 heavy (non-hydrogen) atoms. The molecule has 7 nitrogen and oxygen atoms in total. The van der Waals surface area contributed by atoms with Crippen LogP contribution in [0, 0.1) is 11.7 Å². The molecule has 0 atom stereocenters. The number of benzene rings is 2. The van der Waals surface area contributed by atoms with Crippen LogP contribution in [0.4, 0.5) is 0 Å². The molecule has 1 heterocycles. The maximum atomic E-state index is 11.8. The second-order valence-corrected chi connectivity index (χ2v) is 6.37. The van der Waals surface area contributed by atoms with Crippen molar-refractivity contribution in [2.24, 2.45) is 5.10 Å². The van der Waals surface area contributed by atoms with Crippen LogP contribution < -0.4 is 15.0 Å². The minimum atomic E-state index is -0.414. The van der Waals surface area contributed by atoms with Gasteiger partial charge in [0.25, 0.3) is 5.56 Å². The van der Waals surface area contributed by atoms with Crippen molar-refractivity contribution >= 4 is 18.4 Å². The van der Waals surface area contributed by atoms with Crippen LogP contribution in [0.5, 0.6) is 11.5 Å². The van der Waals surface area contributed by atoms with Crippen molar-refractivity contribution in [3.05, 3.63) is 80.5 Å². The maximum absolute atomic E-state index is 11.8. The Bertz CT molecular complexity index is 1080. The van der Waals surface area contributed by atoms with Gasteiger partial charge in [-0.1, -0.05) is 29.8 Å². The molecule has 0 fully saturated rings. The van der Waals surface area contributed by atoms with Gasteiger partial charge < -0.3 is 9.47 Å². The fraction of sp³-hybridized carbons (Fsp3) is 0.200. The summed E-state index contributed by atoms with van der Waals surface area (Å²) in [6, 6.07) is 13.6. The minimum Gasteiger partial charge on any atom is -0.490 e. The van der Waals surface area contributed by atoms with E-state index >= 15 is 0 Å². The van der Waals surface area contributed by atoms with Gasteiger partial charge in [-0.15, -0.1) is 0 Å². The third-order valence-corrected chi connectivity index (χ3v) is 4.07. The van der Waals surface area contributed by atoms with Crippen LogP contribution in [0.15, 0.2) is 58.6 Å². The molecule has 3 aromatic rings. The normalized spacial score (nSPS) is 10.9. The summed E-state index contributed by atoms with van der Waals surface area (Å²) in [6.45, 7) is 4.89. The zero-order valence-electron chi connectivity index (χ0n) is 15.6. The summed E-state index contributed by atoms with van der Waals surface area (Å²) in [7, 11) is 0. The van der Waals surface area contributed by atoms with Crippen molar-refractivity contribution in [2.45, 2.75) is 20.5 Å². The minimum absolute atomic E-state index is 0.117. The summed E-state index contributed by atoms with van der Waals surface area (Å²) < 4.78 is 12.8. The van der Waals surface area contributed by atoms with E-state index < -0.39 is 5.56 Å². The highest BCUT2D eigenvalue weighted by Crippen LogP contribution is 2.29. The number of rotatable bonds is 7. The number of hydrogen-bond donors (Lipinski definition) is 1. The Morgan fingerprint density at radius 2 is 2.07 bits per heavy atom. The first-order valence-electron chi connectivity index (χ1n) is 8.73. The zero-order chi connectivity index (χ0) is 19.9. The molecule has 0 aliphatic heterocycles. The highest BCUT2D eigenvalue weighted by Gasteiger charge is 2.07. The summed E-state index contributed by atoms with van der Waals surface area (Å²) in [5.41, 5.74) is 2.59. The molecular weight excluding hydrogens is 376 g/mol. The van der Waals surface area contributed by atoms with E-state index in [0.29, 0.717) is 24.7 Å². The van der Waals surface area contributed by atoms with Gasteiger partial charge in [-0.05, 0) is 55.4 Å². The monoisotopic (exact) mass is 396 g/mol. The highest BCUT2D eigenvalue weighted by molar-refractivity contribution is 7.71. The Balaban J connectivity index is 1.81. The number of nitrogens with zero attached hydrogens (tertiary/aromatic N) is 3. The predicted octanol–water partition coefficient (Wildman–Crippen LogP) is 3.47. The Morgan fingerprint density at radius 1 is 1.21 bits per heavy atom. The molecule has 1 N–H and O–H groups in total. The van der Waals surface area contributed by atoms with Gasteiger partial charge in [0.05, 0.1) is 12.8 Å². The van der Waals surface area contributed by atoms with E-state index in [1.54, 1.807) is 6.07 Å². The SMILES string of the molecule is CCOc1cc(/C=N/n2c(=O)cn[nH]c2=S)ccc1OCc1cccc(C)c1. The van der Waals surface area contributed by atoms with E-state index in [2.05, 4.69) is 21.4 Å². The summed E-state index contributed by atoms with van der Waals surface area (Å²) >= 11 is 5.02. The summed E-state index contributed by atoms with van der Waals surface area (Å²) in [5.74, 6) is 1.24. The maximum Gasteiger partial charge on any atom is 0.293 e. The summed E-state index contributed by atoms with van der Waals surface area (Å²) in [5, 5.41) is 10.3. The second kappa shape index (κ2) is 9.09. The van der Waals surface area contributed by atoms with Gasteiger partial charge in [0.15, 0.2) is 11.5 Å². The standard InChI is InChI=1S/C20H20N4O3S/c1-3-26-18-10-15(11-22-24-19(25)12-21-23-20(24)28)7-8-17(18)27-13-16-6-4-5-14(2)9-16/h4-12H,3,13H2,1-2H3,(H,23,28)/b22-11+. The van der Waals surface area contributed by atoms with Gasteiger partial charge in [0, 0.05) is 0 Å². The molecule has 0 amide bonds. The summed E-state index contributed by atoms with van der Waals surface area (Å²) in [4.78, 5) is 11.8. The van der Waals surface area contributed by atoms with Crippen molar-refractivity contribution in [3.63, 3.8) is 0 Å². The van der Waals surface area contributed by atoms with Crippen LogP contribution in [0.3, 0.4) is 0 Å². The van der Waals surface area contributed by atoms with E-state index in [1.165, 1.54) is 11.8 Å². The average molecular weight is 396 g/mol. The Kier molecular flexibility index (Phi) is 6.33. The molecule has 0 unspecified atom stereocenters. The number of aryl methyl sites for hydroxylation is 1. The number of aromatic amines is 1. The number of H-pyrrole nitrogens is 1. The van der Waals surface area contributed by atoms with Crippen molar-refractivity contribution in [3.8, 4) is 11.5 Å². The van der Waals surface area contributed by atoms with E-state index in [-0.39, 0.29) is 4.77 Å². The van der Waals surface area contributed by atoms with Crippen LogP contribution >= 0.6 is 12.2 Å². The predicted molar refractivity (Wildman–Crippen MR) is 110 cm³/mol. The third-order valence-electron chi connectivity index (χ3n) is 3.80. The first-order valence-corrected chi connectivity index (χ1v) is 9.14. The van der Waals surface area contributed by atoms with E-state index in [0.717, 1.165) is 22.0 Å². The molecule has 1 aromatic heterocycles. The summed E-state index contributed by atoms with van der Waals surface area (Å²) in [6.07, 6.45) is 2.64. The Hall–Kier alpha value is -3.26. The van der Waals surface area contributed by atoms with E-state index in [1.807, 2.05) is 44.2 Å². The zero-order valence-corrected chi connectivity index (χ0v) is 16.4. The molecule has 0 aliphatic carbocycles. The van der Waals surface area contributed by atoms with Crippen molar-refractivity contribution in [2.75, 3.05) is 6.61 Å². The Labute approximate surface area is 167 Å². The van der Waals surface area contributed by atoms with Crippen LogP contribution in [-0.4, -0.2) is 27.7 Å². The van der Waals surface area contributed by atoms with Gasteiger partial charge in [-0.3, -0.25) is 9.89 Å². The van der Waals surface area contributed by atoms with Crippen LogP contribution in [0.25, 0.3) is 0 Å². The number of ether oxygens (including phenoxy) is 2. The molecule has 8 heteroatoms. The van der Waals surface area contributed by atoms with Crippen molar-refractivity contribution < 1.29 is 9.47 Å². The molecule has 2 aromatic carbocycles. The van der Waals surface area contributed by atoms with Crippen LogP contribution in [-0.2, 0) is 6.61 Å². The molecule has 144 valence electrons. The van der Waals surface area contributed by atoms with Crippen LogP contribution in [0.2, 0.25) is 0 Å². The fourth-order valence-electron chi connectivity index (χ4n) is 2.53. The van der Waals surface area contributed by atoms with Gasteiger partial charge in [-0.2, -0.15) is 14.9 Å². The molecule has 3 rings (SSSR count). The van der Waals surface area contributed by atoms with Gasteiger partial charge >= 0.3 is 0 Å². The lowest BCUT2D eigenvalue weighted by molar-refractivity contribution is 0.269. The number of hydrogen-bond acceptors (Lipinski definition) is 6. The van der Waals surface area contributed by atoms with Gasteiger partial charge in [0.1, 0.15) is 12.8 Å². The molecule has 0 saturated heterocycles. The van der Waals surface area contributed by atoms with E-state index in [9.17, 15) is 4.79 Å². The van der Waals surface area contributed by atoms with Crippen LogP contribution in [0.1, 0.15) is 23.6 Å². The molecule has 0 saturated carbocycles. The number of nitrogens with one attached hydrogen (secondary N) is 1. The fourth-order valence-corrected chi connectivity index (χ4v) is 2.72. The lowest BCUT2D eigenvalue weighted by Gasteiger charge is -2.13. The van der Waals surface area contributed by atoms with Gasteiger partial charge in [0.2, 0.25) is 4.77 Å². The number of aromatic nitrogens is 3. The third kappa shape index (κ3) is 4.92. The first-order chi connectivity index (χ1) is 13.6. The lowest BCUT2D eigenvalue weighted by Crippen LogP contribution is -2.18.